The first-order valence-corrected chi connectivity index (χ1v) is 16.1. The van der Waals surface area contributed by atoms with Crippen LogP contribution in [0.4, 0.5) is 0 Å². The van der Waals surface area contributed by atoms with Crippen molar-refractivity contribution in [1.29, 1.82) is 0 Å². The van der Waals surface area contributed by atoms with Crippen LogP contribution in [-0.4, -0.2) is 24.5 Å². The van der Waals surface area contributed by atoms with Crippen molar-refractivity contribution >= 4 is 6.08 Å². The van der Waals surface area contributed by atoms with Gasteiger partial charge in [0.15, 0.2) is 0 Å². The van der Waals surface area contributed by atoms with Gasteiger partial charge in [-0.1, -0.05) is 161 Å². The summed E-state index contributed by atoms with van der Waals surface area (Å²) in [5.74, 6) is 0. The molecule has 0 aliphatic rings. The molecule has 1 aromatic carbocycles. The van der Waals surface area contributed by atoms with Gasteiger partial charge in [0.05, 0.1) is 0 Å². The summed E-state index contributed by atoms with van der Waals surface area (Å²) in [6.07, 6.45) is 28.4. The van der Waals surface area contributed by atoms with Crippen LogP contribution in [0.5, 0.6) is 0 Å². The highest BCUT2D eigenvalue weighted by Crippen LogP contribution is 2.23. The molecule has 0 saturated carbocycles. The second-order valence-electron chi connectivity index (χ2n) is 14.0. The summed E-state index contributed by atoms with van der Waals surface area (Å²) in [6.45, 7) is 18.0. The molecule has 0 aromatic heterocycles. The molecule has 0 fully saturated rings. The fourth-order valence-corrected chi connectivity index (χ4v) is 5.13. The Morgan fingerprint density at radius 2 is 0.919 bits per heavy atom. The third kappa shape index (κ3) is 23.7. The zero-order valence-electron chi connectivity index (χ0n) is 26.1. The van der Waals surface area contributed by atoms with Crippen molar-refractivity contribution in [1.82, 2.24) is 4.90 Å². The van der Waals surface area contributed by atoms with Crippen molar-refractivity contribution in [3.63, 3.8) is 0 Å². The Morgan fingerprint density at radius 3 is 1.35 bits per heavy atom. The van der Waals surface area contributed by atoms with E-state index < -0.39 is 0 Å². The lowest BCUT2D eigenvalue weighted by Gasteiger charge is -2.22. The number of hydrogen-bond acceptors (Lipinski definition) is 1. The lowest BCUT2D eigenvalue weighted by molar-refractivity contribution is 0.264. The first-order chi connectivity index (χ1) is 17.7. The van der Waals surface area contributed by atoms with Gasteiger partial charge < -0.3 is 4.90 Å². The van der Waals surface area contributed by atoms with Gasteiger partial charge in [-0.25, -0.2) is 0 Å². The van der Waals surface area contributed by atoms with Crippen molar-refractivity contribution in [3.05, 3.63) is 42.0 Å². The predicted octanol–water partition coefficient (Wildman–Crippen LogP) is 11.7. The SMILES string of the molecule is CC(C)(C)CCCCCCCCCN(CCC=Cc1ccccc1)CCCCCCCCCC(C)(C)C. The summed E-state index contributed by atoms with van der Waals surface area (Å²) in [6, 6.07) is 10.7. The first-order valence-electron chi connectivity index (χ1n) is 16.1. The van der Waals surface area contributed by atoms with Crippen molar-refractivity contribution in [2.24, 2.45) is 10.8 Å². The maximum absolute atomic E-state index is 2.75. The molecule has 0 heterocycles. The fourth-order valence-electron chi connectivity index (χ4n) is 5.13. The zero-order chi connectivity index (χ0) is 27.2. The van der Waals surface area contributed by atoms with E-state index in [2.05, 4.69) is 88.9 Å². The van der Waals surface area contributed by atoms with Gasteiger partial charge in [-0.15, -0.1) is 0 Å². The van der Waals surface area contributed by atoms with Crippen LogP contribution in [-0.2, 0) is 0 Å². The maximum atomic E-state index is 2.75. The lowest BCUT2D eigenvalue weighted by Crippen LogP contribution is -2.27. The Hall–Kier alpha value is -1.08. The summed E-state index contributed by atoms with van der Waals surface area (Å²) in [4.78, 5) is 2.75. The van der Waals surface area contributed by atoms with E-state index in [1.165, 1.54) is 128 Å². The lowest BCUT2D eigenvalue weighted by atomic mass is 9.89. The standard InChI is InChI=1S/C36H65N/c1-35(2,3)29-21-13-9-7-11-15-23-31-37(33-25-20-28-34-26-18-17-19-27-34)32-24-16-12-8-10-14-22-30-36(4,5)6/h17-20,26-28H,7-16,21-25,29-33H2,1-6H3. The molecule has 0 N–H and O–H groups in total. The molecule has 0 spiro atoms. The van der Waals surface area contributed by atoms with Crippen molar-refractivity contribution in [2.45, 2.75) is 151 Å². The fraction of sp³-hybridized carbons (Fsp3) is 0.778. The van der Waals surface area contributed by atoms with Crippen molar-refractivity contribution in [2.75, 3.05) is 19.6 Å². The number of rotatable bonds is 22. The topological polar surface area (TPSA) is 3.24 Å². The molecule has 1 heteroatoms. The van der Waals surface area contributed by atoms with E-state index in [1.807, 2.05) is 0 Å². The van der Waals surface area contributed by atoms with Gasteiger partial charge in [0, 0.05) is 6.54 Å². The molecule has 0 bridgehead atoms. The molecule has 0 saturated heterocycles. The molecule has 37 heavy (non-hydrogen) atoms. The molecule has 0 aliphatic carbocycles. The van der Waals surface area contributed by atoms with E-state index in [1.54, 1.807) is 0 Å². The normalized spacial score (nSPS) is 12.7. The smallest absolute Gasteiger partial charge is 0.00160 e. The second-order valence-corrected chi connectivity index (χ2v) is 14.0. The minimum Gasteiger partial charge on any atom is -0.303 e. The Labute approximate surface area is 233 Å². The van der Waals surface area contributed by atoms with Crippen LogP contribution in [0.1, 0.15) is 156 Å². The molecule has 0 unspecified atom stereocenters. The van der Waals surface area contributed by atoms with Crippen LogP contribution in [0.25, 0.3) is 6.08 Å². The average Bonchev–Trinajstić information content (AvgIpc) is 2.83. The summed E-state index contributed by atoms with van der Waals surface area (Å²) < 4.78 is 0. The van der Waals surface area contributed by atoms with E-state index in [0.717, 1.165) is 6.42 Å². The summed E-state index contributed by atoms with van der Waals surface area (Å²) >= 11 is 0. The van der Waals surface area contributed by atoms with Gasteiger partial charge in [0.25, 0.3) is 0 Å². The first kappa shape index (κ1) is 33.9. The Bertz CT molecular complexity index is 613. The number of unbranched alkanes of at least 4 members (excludes halogenated alkanes) is 12. The van der Waals surface area contributed by atoms with Crippen molar-refractivity contribution in [3.8, 4) is 0 Å². The number of nitrogens with zero attached hydrogens (tertiary/aromatic N) is 1. The molecule has 0 radical (unpaired) electrons. The second kappa shape index (κ2) is 20.8. The van der Waals surface area contributed by atoms with Gasteiger partial charge in [-0.05, 0) is 61.6 Å². The largest absolute Gasteiger partial charge is 0.303 e. The number of benzene rings is 1. The minimum absolute atomic E-state index is 0.506. The quantitative estimate of drug-likeness (QED) is 0.140. The summed E-state index contributed by atoms with van der Waals surface area (Å²) in [5, 5.41) is 0. The van der Waals surface area contributed by atoms with Gasteiger partial charge >= 0.3 is 0 Å². The van der Waals surface area contributed by atoms with E-state index in [-0.39, 0.29) is 0 Å². The molecular formula is C36H65N. The van der Waals surface area contributed by atoms with E-state index in [0.29, 0.717) is 10.8 Å². The molecule has 1 nitrogen and oxygen atoms in total. The molecule has 1 rings (SSSR count). The molecule has 0 atom stereocenters. The van der Waals surface area contributed by atoms with Gasteiger partial charge in [0.2, 0.25) is 0 Å². The summed E-state index contributed by atoms with van der Waals surface area (Å²) in [5.41, 5.74) is 2.33. The Morgan fingerprint density at radius 1 is 0.514 bits per heavy atom. The van der Waals surface area contributed by atoms with E-state index in [4.69, 9.17) is 0 Å². The zero-order valence-corrected chi connectivity index (χ0v) is 26.1. The minimum atomic E-state index is 0.506. The maximum Gasteiger partial charge on any atom is 0.00160 e. The van der Waals surface area contributed by atoms with Crippen LogP contribution in [0, 0.1) is 10.8 Å². The van der Waals surface area contributed by atoms with Crippen molar-refractivity contribution < 1.29 is 0 Å². The summed E-state index contributed by atoms with van der Waals surface area (Å²) in [7, 11) is 0. The molecule has 0 amide bonds. The molecule has 214 valence electrons. The Balaban J connectivity index is 2.20. The third-order valence-corrected chi connectivity index (χ3v) is 7.52. The third-order valence-electron chi connectivity index (χ3n) is 7.52. The van der Waals surface area contributed by atoms with Crippen LogP contribution in [0.3, 0.4) is 0 Å². The monoisotopic (exact) mass is 512 g/mol. The van der Waals surface area contributed by atoms with Crippen LogP contribution < -0.4 is 0 Å². The van der Waals surface area contributed by atoms with E-state index in [9.17, 15) is 0 Å². The average molecular weight is 512 g/mol. The molecule has 1 aromatic rings. The van der Waals surface area contributed by atoms with Crippen LogP contribution >= 0.6 is 0 Å². The van der Waals surface area contributed by atoms with E-state index >= 15 is 0 Å². The highest BCUT2D eigenvalue weighted by atomic mass is 15.1. The highest BCUT2D eigenvalue weighted by Gasteiger charge is 2.09. The van der Waals surface area contributed by atoms with Gasteiger partial charge in [-0.2, -0.15) is 0 Å². The molecule has 0 aliphatic heterocycles. The molecular weight excluding hydrogens is 446 g/mol. The Kier molecular flexibility index (Phi) is 19.1. The van der Waals surface area contributed by atoms with Gasteiger partial charge in [0.1, 0.15) is 0 Å². The number of hydrogen-bond donors (Lipinski definition) is 0. The predicted molar refractivity (Wildman–Crippen MR) is 169 cm³/mol. The van der Waals surface area contributed by atoms with Crippen LogP contribution in [0.2, 0.25) is 0 Å². The van der Waals surface area contributed by atoms with Gasteiger partial charge in [-0.3, -0.25) is 0 Å². The van der Waals surface area contributed by atoms with Crippen LogP contribution in [0.15, 0.2) is 36.4 Å². The highest BCUT2D eigenvalue weighted by molar-refractivity contribution is 5.48.